The molecule has 7 rings (SSSR count). The predicted molar refractivity (Wildman–Crippen MR) is 148 cm³/mol. The molecular formula is C31H22ClNS. The Morgan fingerprint density at radius 3 is 2.41 bits per heavy atom. The molecule has 3 heteroatoms. The lowest BCUT2D eigenvalue weighted by Gasteiger charge is -2.34. The second-order valence-corrected chi connectivity index (χ2v) is 10.8. The Balaban J connectivity index is 1.54. The third-order valence-corrected chi connectivity index (χ3v) is 8.90. The van der Waals surface area contributed by atoms with Crippen LogP contribution in [0.2, 0.25) is 5.02 Å². The van der Waals surface area contributed by atoms with Crippen molar-refractivity contribution in [1.82, 2.24) is 0 Å². The Kier molecular flexibility index (Phi) is 4.33. The summed E-state index contributed by atoms with van der Waals surface area (Å²) in [4.78, 5) is 2.51. The molecule has 0 saturated heterocycles. The van der Waals surface area contributed by atoms with E-state index in [-0.39, 0.29) is 11.5 Å². The summed E-state index contributed by atoms with van der Waals surface area (Å²) in [6, 6.07) is 30.5. The number of rotatable bonds is 2. The van der Waals surface area contributed by atoms with Crippen LogP contribution in [0.4, 0.5) is 11.4 Å². The quantitative estimate of drug-likeness (QED) is 0.246. The van der Waals surface area contributed by atoms with Gasteiger partial charge in [0.2, 0.25) is 0 Å². The minimum Gasteiger partial charge on any atom is -0.333 e. The minimum atomic E-state index is -0.0965. The summed E-state index contributed by atoms with van der Waals surface area (Å²) in [5.74, 6) is 0. The Labute approximate surface area is 208 Å². The lowest BCUT2D eigenvalue weighted by molar-refractivity contribution is 0.554. The van der Waals surface area contributed by atoms with E-state index in [9.17, 15) is 0 Å². The SMILES string of the molecule is C[C@]12C=CC=CC1N(c1ccccc1)c1ccc3c(sc4c(-c5ccc(Cl)cc5)cccc43)c12. The summed E-state index contributed by atoms with van der Waals surface area (Å²) >= 11 is 8.10. The molecule has 1 aliphatic heterocycles. The van der Waals surface area contributed by atoms with Gasteiger partial charge in [-0.15, -0.1) is 11.3 Å². The summed E-state index contributed by atoms with van der Waals surface area (Å²) < 4.78 is 2.72. The first-order valence-corrected chi connectivity index (χ1v) is 12.8. The van der Waals surface area contributed by atoms with Gasteiger partial charge >= 0.3 is 0 Å². The van der Waals surface area contributed by atoms with E-state index in [0.717, 1.165) is 5.02 Å². The zero-order chi connectivity index (χ0) is 22.9. The van der Waals surface area contributed by atoms with E-state index in [1.54, 1.807) is 0 Å². The van der Waals surface area contributed by atoms with Crippen molar-refractivity contribution < 1.29 is 0 Å². The van der Waals surface area contributed by atoms with E-state index in [4.69, 9.17) is 11.6 Å². The molecule has 2 heterocycles. The van der Waals surface area contributed by atoms with Gasteiger partial charge in [0.05, 0.1) is 6.04 Å². The molecule has 1 unspecified atom stereocenters. The van der Waals surface area contributed by atoms with Gasteiger partial charge in [-0.2, -0.15) is 0 Å². The molecule has 0 bridgehead atoms. The molecule has 0 fully saturated rings. The Morgan fingerprint density at radius 1 is 0.794 bits per heavy atom. The van der Waals surface area contributed by atoms with Crippen molar-refractivity contribution in [3.05, 3.63) is 120 Å². The van der Waals surface area contributed by atoms with Gasteiger partial charge in [0.25, 0.3) is 0 Å². The normalized spacial score (nSPS) is 20.8. The summed E-state index contributed by atoms with van der Waals surface area (Å²) in [5, 5.41) is 3.43. The van der Waals surface area contributed by atoms with Gasteiger partial charge in [-0.25, -0.2) is 0 Å². The van der Waals surface area contributed by atoms with E-state index in [1.807, 2.05) is 23.5 Å². The smallest absolute Gasteiger partial charge is 0.0655 e. The van der Waals surface area contributed by atoms with E-state index < -0.39 is 0 Å². The number of para-hydroxylation sites is 1. The largest absolute Gasteiger partial charge is 0.333 e. The molecule has 2 aliphatic rings. The van der Waals surface area contributed by atoms with E-state index in [2.05, 4.69) is 109 Å². The summed E-state index contributed by atoms with van der Waals surface area (Å²) in [6.45, 7) is 2.39. The van der Waals surface area contributed by atoms with Crippen LogP contribution in [0.25, 0.3) is 31.3 Å². The molecule has 34 heavy (non-hydrogen) atoms. The van der Waals surface area contributed by atoms with Gasteiger partial charge in [-0.3, -0.25) is 0 Å². The van der Waals surface area contributed by atoms with Crippen LogP contribution in [0, 0.1) is 0 Å². The van der Waals surface area contributed by atoms with Crippen molar-refractivity contribution >= 4 is 54.5 Å². The van der Waals surface area contributed by atoms with Crippen molar-refractivity contribution in [2.24, 2.45) is 0 Å². The molecule has 1 aromatic heterocycles. The molecule has 0 N–H and O–H groups in total. The highest BCUT2D eigenvalue weighted by Crippen LogP contribution is 2.56. The van der Waals surface area contributed by atoms with Gasteiger partial charge in [0, 0.05) is 47.5 Å². The van der Waals surface area contributed by atoms with Gasteiger partial charge in [-0.05, 0) is 48.4 Å². The van der Waals surface area contributed by atoms with Gasteiger partial charge in [0.15, 0.2) is 0 Å². The fraction of sp³-hybridized carbons (Fsp3) is 0.0968. The van der Waals surface area contributed by atoms with Crippen molar-refractivity contribution in [2.75, 3.05) is 4.90 Å². The topological polar surface area (TPSA) is 3.24 Å². The first-order valence-electron chi connectivity index (χ1n) is 11.6. The summed E-state index contributed by atoms with van der Waals surface area (Å²) in [7, 11) is 0. The second-order valence-electron chi connectivity index (χ2n) is 9.30. The van der Waals surface area contributed by atoms with Gasteiger partial charge in [-0.1, -0.05) is 90.5 Å². The molecule has 4 aromatic carbocycles. The fourth-order valence-corrected chi connectivity index (χ4v) is 7.40. The number of allylic oxidation sites excluding steroid dienone is 2. The van der Waals surface area contributed by atoms with Crippen molar-refractivity contribution in [3.8, 4) is 11.1 Å². The molecule has 1 aliphatic carbocycles. The number of hydrogen-bond acceptors (Lipinski definition) is 2. The number of anilines is 2. The molecular weight excluding hydrogens is 454 g/mol. The van der Waals surface area contributed by atoms with Crippen LogP contribution in [0.15, 0.2) is 109 Å². The fourth-order valence-electron chi connectivity index (χ4n) is 5.78. The van der Waals surface area contributed by atoms with Crippen LogP contribution >= 0.6 is 22.9 Å². The Morgan fingerprint density at radius 2 is 1.59 bits per heavy atom. The van der Waals surface area contributed by atoms with Gasteiger partial charge in [0.1, 0.15) is 0 Å². The minimum absolute atomic E-state index is 0.0965. The Bertz CT molecular complexity index is 1630. The van der Waals surface area contributed by atoms with Crippen LogP contribution in [-0.4, -0.2) is 6.04 Å². The lowest BCUT2D eigenvalue weighted by Crippen LogP contribution is -2.39. The summed E-state index contributed by atoms with van der Waals surface area (Å²) in [6.07, 6.45) is 9.14. The Hall–Kier alpha value is -3.33. The van der Waals surface area contributed by atoms with Crippen LogP contribution in [0.1, 0.15) is 12.5 Å². The molecule has 5 aromatic rings. The maximum Gasteiger partial charge on any atom is 0.0655 e. The number of thiophene rings is 1. The number of benzene rings is 4. The molecule has 0 saturated carbocycles. The highest BCUT2D eigenvalue weighted by Gasteiger charge is 2.47. The predicted octanol–water partition coefficient (Wildman–Crippen LogP) is 9.28. The average Bonchev–Trinajstić information content (AvgIpc) is 3.37. The number of fused-ring (bicyclic) bond motifs is 7. The van der Waals surface area contributed by atoms with Crippen LogP contribution < -0.4 is 4.90 Å². The van der Waals surface area contributed by atoms with Gasteiger partial charge < -0.3 is 4.90 Å². The number of nitrogens with zero attached hydrogens (tertiary/aromatic N) is 1. The zero-order valence-corrected chi connectivity index (χ0v) is 20.3. The molecule has 164 valence electrons. The highest BCUT2D eigenvalue weighted by atomic mass is 35.5. The first-order chi connectivity index (χ1) is 16.6. The van der Waals surface area contributed by atoms with Crippen LogP contribution in [0.3, 0.4) is 0 Å². The highest BCUT2D eigenvalue weighted by molar-refractivity contribution is 7.26. The number of hydrogen-bond donors (Lipinski definition) is 0. The van der Waals surface area contributed by atoms with E-state index >= 15 is 0 Å². The van der Waals surface area contributed by atoms with Crippen molar-refractivity contribution in [2.45, 2.75) is 18.4 Å². The maximum absolute atomic E-state index is 6.18. The molecule has 0 spiro atoms. The number of halogens is 1. The molecule has 0 radical (unpaired) electrons. The second kappa shape index (κ2) is 7.33. The van der Waals surface area contributed by atoms with Crippen molar-refractivity contribution in [3.63, 3.8) is 0 Å². The third kappa shape index (κ3) is 2.73. The first kappa shape index (κ1) is 20.1. The third-order valence-electron chi connectivity index (χ3n) is 7.37. The summed E-state index contributed by atoms with van der Waals surface area (Å²) in [5.41, 5.74) is 6.35. The monoisotopic (exact) mass is 475 g/mol. The molecule has 0 amide bonds. The van der Waals surface area contributed by atoms with E-state index in [1.165, 1.54) is 48.2 Å². The van der Waals surface area contributed by atoms with Crippen molar-refractivity contribution in [1.29, 1.82) is 0 Å². The molecule has 2 atom stereocenters. The van der Waals surface area contributed by atoms with E-state index in [0.29, 0.717) is 0 Å². The average molecular weight is 476 g/mol. The maximum atomic E-state index is 6.18. The zero-order valence-electron chi connectivity index (χ0n) is 18.7. The standard InChI is InChI=1S/C31H22ClNS/c1-31-19-6-5-12-27(31)33(22-8-3-2-4-9-22)26-18-17-25-24-11-7-10-23(20-13-15-21(32)16-14-20)29(24)34-30(25)28(26)31/h2-19,27H,1H3/t27?,31-/m0/s1. The lowest BCUT2D eigenvalue weighted by atomic mass is 9.76. The van der Waals surface area contributed by atoms with Crippen LogP contribution in [0.5, 0.6) is 0 Å². The molecule has 1 nitrogen and oxygen atoms in total. The van der Waals surface area contributed by atoms with Crippen LogP contribution in [-0.2, 0) is 5.41 Å².